The summed E-state index contributed by atoms with van der Waals surface area (Å²) in [6.07, 6.45) is 4.03. The van der Waals surface area contributed by atoms with Crippen molar-refractivity contribution in [2.45, 2.75) is 33.5 Å². The van der Waals surface area contributed by atoms with Crippen molar-refractivity contribution in [3.8, 4) is 0 Å². The molecule has 0 heterocycles. The molecule has 0 saturated carbocycles. The summed E-state index contributed by atoms with van der Waals surface area (Å²) in [5.74, 6) is 0.0677. The van der Waals surface area contributed by atoms with E-state index in [1.54, 1.807) is 6.08 Å². The molecule has 2 rings (SSSR count). The SMILES string of the molecule is CCN(CC)C(=O)/C=C(/C=C(\c1ccccc1)[Si](C)(C)C)c1ccccc1. The van der Waals surface area contributed by atoms with E-state index in [-0.39, 0.29) is 5.91 Å². The zero-order valence-electron chi connectivity index (χ0n) is 17.2. The molecule has 0 N–H and O–H groups in total. The predicted molar refractivity (Wildman–Crippen MR) is 120 cm³/mol. The maximum Gasteiger partial charge on any atom is 0.247 e. The standard InChI is InChI=1S/C24H31NOSi/c1-6-25(7-2)24(26)19-22(20-14-10-8-11-15-20)18-23(27(3,4)5)21-16-12-9-13-17-21/h8-19H,6-7H2,1-5H3/b22-19-,23-18+. The Hall–Kier alpha value is -2.39. The minimum absolute atomic E-state index is 0.0677. The summed E-state index contributed by atoms with van der Waals surface area (Å²) in [6.45, 7) is 12.5. The molecule has 0 aliphatic heterocycles. The molecular weight excluding hydrogens is 346 g/mol. The van der Waals surface area contributed by atoms with E-state index in [2.05, 4.69) is 62.1 Å². The van der Waals surface area contributed by atoms with Gasteiger partial charge in [-0.1, -0.05) is 91.6 Å². The van der Waals surface area contributed by atoms with Crippen molar-refractivity contribution in [1.29, 1.82) is 0 Å². The van der Waals surface area contributed by atoms with Crippen LogP contribution in [0.1, 0.15) is 25.0 Å². The zero-order chi connectivity index (χ0) is 19.9. The molecule has 2 nitrogen and oxygen atoms in total. The minimum atomic E-state index is -1.62. The van der Waals surface area contributed by atoms with Gasteiger partial charge in [0.1, 0.15) is 0 Å². The van der Waals surface area contributed by atoms with Crippen LogP contribution < -0.4 is 0 Å². The molecule has 0 fully saturated rings. The van der Waals surface area contributed by atoms with Crippen molar-refractivity contribution in [3.05, 3.63) is 83.9 Å². The van der Waals surface area contributed by atoms with E-state index >= 15 is 0 Å². The number of amides is 1. The van der Waals surface area contributed by atoms with Crippen LogP contribution in [-0.2, 0) is 4.79 Å². The van der Waals surface area contributed by atoms with Crippen LogP contribution in [0.15, 0.2) is 72.8 Å². The van der Waals surface area contributed by atoms with E-state index in [9.17, 15) is 4.79 Å². The Balaban J connectivity index is 2.61. The number of allylic oxidation sites excluding steroid dienone is 2. The second kappa shape index (κ2) is 9.52. The molecule has 1 amide bonds. The highest BCUT2D eigenvalue weighted by Crippen LogP contribution is 2.30. The highest BCUT2D eigenvalue weighted by atomic mass is 28.3. The topological polar surface area (TPSA) is 20.3 Å². The van der Waals surface area contributed by atoms with Crippen molar-refractivity contribution >= 4 is 24.8 Å². The molecule has 0 aliphatic carbocycles. The van der Waals surface area contributed by atoms with Gasteiger partial charge in [-0.25, -0.2) is 0 Å². The molecule has 0 radical (unpaired) electrons. The number of likely N-dealkylation sites (N-methyl/N-ethyl adjacent to an activating group) is 1. The fraction of sp³-hybridized carbons (Fsp3) is 0.292. The number of hydrogen-bond acceptors (Lipinski definition) is 1. The third kappa shape index (κ3) is 5.80. The maximum atomic E-state index is 12.8. The van der Waals surface area contributed by atoms with E-state index in [1.807, 2.05) is 43.0 Å². The summed E-state index contributed by atoms with van der Waals surface area (Å²) in [5.41, 5.74) is 3.30. The van der Waals surface area contributed by atoms with Gasteiger partial charge >= 0.3 is 0 Å². The minimum Gasteiger partial charge on any atom is -0.340 e. The second-order valence-electron chi connectivity index (χ2n) is 7.65. The molecule has 0 aromatic heterocycles. The summed E-state index contributed by atoms with van der Waals surface area (Å²) >= 11 is 0. The molecular formula is C24H31NOSi. The number of benzene rings is 2. The van der Waals surface area contributed by atoms with E-state index in [0.717, 1.165) is 24.2 Å². The summed E-state index contributed by atoms with van der Waals surface area (Å²) in [5, 5.41) is 1.35. The lowest BCUT2D eigenvalue weighted by Gasteiger charge is -2.23. The van der Waals surface area contributed by atoms with Gasteiger partial charge in [0.25, 0.3) is 0 Å². The van der Waals surface area contributed by atoms with Crippen molar-refractivity contribution < 1.29 is 4.79 Å². The van der Waals surface area contributed by atoms with Crippen molar-refractivity contribution in [2.24, 2.45) is 0 Å². The van der Waals surface area contributed by atoms with Crippen LogP contribution in [-0.4, -0.2) is 32.0 Å². The number of rotatable bonds is 7. The lowest BCUT2D eigenvalue weighted by atomic mass is 10.0. The van der Waals surface area contributed by atoms with Crippen molar-refractivity contribution in [2.75, 3.05) is 13.1 Å². The van der Waals surface area contributed by atoms with Gasteiger partial charge in [0, 0.05) is 19.2 Å². The number of carbonyl (C=O) groups is 1. The summed E-state index contributed by atoms with van der Waals surface area (Å²) in [6, 6.07) is 20.7. The first-order valence-electron chi connectivity index (χ1n) is 9.70. The van der Waals surface area contributed by atoms with E-state index < -0.39 is 8.07 Å². The molecule has 0 bridgehead atoms. The fourth-order valence-electron chi connectivity index (χ4n) is 3.10. The highest BCUT2D eigenvalue weighted by Gasteiger charge is 2.22. The molecule has 0 atom stereocenters. The number of nitrogens with zero attached hydrogens (tertiary/aromatic N) is 1. The average Bonchev–Trinajstić information content (AvgIpc) is 2.66. The average molecular weight is 378 g/mol. The summed E-state index contributed by atoms with van der Waals surface area (Å²) in [4.78, 5) is 14.6. The smallest absolute Gasteiger partial charge is 0.247 e. The normalized spacial score (nSPS) is 12.8. The van der Waals surface area contributed by atoms with Gasteiger partial charge < -0.3 is 4.90 Å². The summed E-state index contributed by atoms with van der Waals surface area (Å²) in [7, 11) is -1.62. The van der Waals surface area contributed by atoms with E-state index in [4.69, 9.17) is 0 Å². The monoisotopic (exact) mass is 377 g/mol. The van der Waals surface area contributed by atoms with Gasteiger partial charge in [0.15, 0.2) is 0 Å². The van der Waals surface area contributed by atoms with E-state index in [0.29, 0.717) is 0 Å². The van der Waals surface area contributed by atoms with Crippen LogP contribution in [0.5, 0.6) is 0 Å². The molecule has 2 aromatic carbocycles. The van der Waals surface area contributed by atoms with Gasteiger partial charge in [-0.15, -0.1) is 0 Å². The number of hydrogen-bond donors (Lipinski definition) is 0. The molecule has 0 aliphatic rings. The molecule has 142 valence electrons. The van der Waals surface area contributed by atoms with Crippen LogP contribution in [0.25, 0.3) is 10.8 Å². The van der Waals surface area contributed by atoms with Crippen LogP contribution in [0.2, 0.25) is 19.6 Å². The van der Waals surface area contributed by atoms with E-state index in [1.165, 1.54) is 10.8 Å². The lowest BCUT2D eigenvalue weighted by molar-refractivity contribution is -0.125. The maximum absolute atomic E-state index is 12.8. The fourth-order valence-corrected chi connectivity index (χ4v) is 4.73. The summed E-state index contributed by atoms with van der Waals surface area (Å²) < 4.78 is 0. The Morgan fingerprint density at radius 3 is 1.74 bits per heavy atom. The molecule has 3 heteroatoms. The third-order valence-corrected chi connectivity index (χ3v) is 6.70. The molecule has 0 saturated heterocycles. The Morgan fingerprint density at radius 2 is 1.30 bits per heavy atom. The Bertz CT molecular complexity index is 797. The van der Waals surface area contributed by atoms with Gasteiger partial charge in [-0.2, -0.15) is 0 Å². The van der Waals surface area contributed by atoms with Gasteiger partial charge in [-0.05, 0) is 30.5 Å². The number of carbonyl (C=O) groups excluding carboxylic acids is 1. The Labute approximate surface area is 165 Å². The molecule has 0 unspecified atom stereocenters. The van der Waals surface area contributed by atoms with Crippen LogP contribution in [0.3, 0.4) is 0 Å². The van der Waals surface area contributed by atoms with Crippen molar-refractivity contribution in [1.82, 2.24) is 4.90 Å². The Kier molecular flexibility index (Phi) is 7.37. The largest absolute Gasteiger partial charge is 0.340 e. The predicted octanol–water partition coefficient (Wildman–Crippen LogP) is 5.90. The molecule has 2 aromatic rings. The van der Waals surface area contributed by atoms with Crippen LogP contribution in [0, 0.1) is 0 Å². The van der Waals surface area contributed by atoms with Crippen molar-refractivity contribution in [3.63, 3.8) is 0 Å². The first kappa shape index (κ1) is 20.9. The Morgan fingerprint density at radius 1 is 0.815 bits per heavy atom. The van der Waals surface area contributed by atoms with Gasteiger partial charge in [-0.3, -0.25) is 4.79 Å². The first-order chi connectivity index (χ1) is 12.9. The quantitative estimate of drug-likeness (QED) is 0.334. The second-order valence-corrected chi connectivity index (χ2v) is 12.7. The molecule has 0 spiro atoms. The lowest BCUT2D eigenvalue weighted by Crippen LogP contribution is -2.29. The van der Waals surface area contributed by atoms with Crippen LogP contribution in [0.4, 0.5) is 0 Å². The zero-order valence-corrected chi connectivity index (χ0v) is 18.2. The van der Waals surface area contributed by atoms with Gasteiger partial charge in [0.05, 0.1) is 8.07 Å². The molecule has 27 heavy (non-hydrogen) atoms. The van der Waals surface area contributed by atoms with Crippen LogP contribution >= 0.6 is 0 Å². The first-order valence-corrected chi connectivity index (χ1v) is 13.2. The highest BCUT2D eigenvalue weighted by molar-refractivity contribution is 6.93. The third-order valence-electron chi connectivity index (χ3n) is 4.65. The van der Waals surface area contributed by atoms with Gasteiger partial charge in [0.2, 0.25) is 5.91 Å².